The van der Waals surface area contributed by atoms with Crippen LogP contribution in [0.25, 0.3) is 0 Å². The van der Waals surface area contributed by atoms with Gasteiger partial charge in [-0.25, -0.2) is 13.2 Å². The quantitative estimate of drug-likeness (QED) is 0.385. The van der Waals surface area contributed by atoms with E-state index >= 15 is 0 Å². The number of hydrogen-bond acceptors (Lipinski definition) is 6. The number of aliphatic hydroxyl groups is 1. The average Bonchev–Trinajstić information content (AvgIpc) is 2.50. The van der Waals surface area contributed by atoms with Crippen molar-refractivity contribution in [2.45, 2.75) is 35.6 Å². The van der Waals surface area contributed by atoms with Gasteiger partial charge in [-0.15, -0.1) is 0 Å². The number of nitrogens with two attached hydrogens (primary N) is 1. The number of aliphatic hydroxyl groups excluding tert-OH is 1. The van der Waals surface area contributed by atoms with Crippen molar-refractivity contribution in [1.29, 1.82) is 0 Å². The van der Waals surface area contributed by atoms with Crippen molar-refractivity contribution in [3.8, 4) is 0 Å². The number of hydrogen-bond donors (Lipinski definition) is 3. The van der Waals surface area contributed by atoms with E-state index in [2.05, 4.69) is 0 Å². The molecule has 2 fully saturated rings. The molecule has 21 heavy (non-hydrogen) atoms. The van der Waals surface area contributed by atoms with Crippen LogP contribution >= 0.6 is 0 Å². The molecular weight excluding hydrogens is 304 g/mol. The Kier molecular flexibility index (Phi) is 3.33. The normalized spacial score (nSPS) is 35.3. The van der Waals surface area contributed by atoms with Gasteiger partial charge < -0.3 is 20.8 Å². The molecule has 4 atom stereocenters. The Balaban J connectivity index is 2.50. The van der Waals surface area contributed by atoms with E-state index in [0.717, 1.165) is 24.0 Å². The summed E-state index contributed by atoms with van der Waals surface area (Å²) in [5, 5.41) is 17.4. The fraction of sp³-hybridized carbons (Fsp3) is 0.545. The van der Waals surface area contributed by atoms with Gasteiger partial charge in [0.05, 0.1) is 6.42 Å². The number of sulfone groups is 1. The van der Waals surface area contributed by atoms with Crippen LogP contribution in [0.5, 0.6) is 0 Å². The van der Waals surface area contributed by atoms with Gasteiger partial charge in [0.1, 0.15) is 10.1 Å². The van der Waals surface area contributed by atoms with Crippen LogP contribution in [0.2, 0.25) is 0 Å². The second-order valence-electron chi connectivity index (χ2n) is 5.14. The first kappa shape index (κ1) is 15.4. The van der Waals surface area contributed by atoms with Crippen LogP contribution in [0.3, 0.4) is 0 Å². The molecule has 2 heterocycles. The Morgan fingerprint density at radius 3 is 2.52 bits per heavy atom. The third-order valence-corrected chi connectivity index (χ3v) is 6.57. The number of amides is 2. The number of aliphatic carboxylic acids is 1. The Morgan fingerprint density at radius 1 is 1.52 bits per heavy atom. The highest BCUT2D eigenvalue weighted by molar-refractivity contribution is 7.94. The zero-order valence-corrected chi connectivity index (χ0v) is 11.8. The van der Waals surface area contributed by atoms with E-state index in [9.17, 15) is 33.0 Å². The van der Waals surface area contributed by atoms with Gasteiger partial charge in [-0.2, -0.15) is 0 Å². The summed E-state index contributed by atoms with van der Waals surface area (Å²) in [6.07, 6.45) is -0.266. The van der Waals surface area contributed by atoms with E-state index in [4.69, 9.17) is 5.73 Å². The first-order chi connectivity index (χ1) is 9.54. The molecule has 2 aliphatic rings. The van der Waals surface area contributed by atoms with Crippen molar-refractivity contribution in [3.63, 3.8) is 0 Å². The molecule has 2 aliphatic heterocycles. The number of carboxylic acid groups (broad SMARTS) is 1. The lowest BCUT2D eigenvalue weighted by Gasteiger charge is -2.35. The van der Waals surface area contributed by atoms with Crippen LogP contribution in [0.15, 0.2) is 12.2 Å². The molecule has 4 N–H and O–H groups in total. The van der Waals surface area contributed by atoms with Gasteiger partial charge in [0.25, 0.3) is 0 Å². The van der Waals surface area contributed by atoms with E-state index in [1.807, 2.05) is 0 Å². The summed E-state index contributed by atoms with van der Waals surface area (Å²) in [5.41, 5.74) is 4.84. The largest absolute Gasteiger partial charge is 0.480 e. The molecule has 9 nitrogen and oxygen atoms in total. The van der Waals surface area contributed by atoms with Crippen LogP contribution in [0, 0.1) is 0 Å². The molecule has 0 aromatic carbocycles. The summed E-state index contributed by atoms with van der Waals surface area (Å²) in [4.78, 5) is 34.4. The first-order valence-electron chi connectivity index (χ1n) is 5.98. The third kappa shape index (κ3) is 1.94. The fourth-order valence-corrected chi connectivity index (χ4v) is 4.90. The smallest absolute Gasteiger partial charge is 0.328 e. The predicted octanol–water partition coefficient (Wildman–Crippen LogP) is -2.41. The lowest BCUT2D eigenvalue weighted by atomic mass is 9.95. The molecule has 116 valence electrons. The fourth-order valence-electron chi connectivity index (χ4n) is 2.62. The second-order valence-corrected chi connectivity index (χ2v) is 7.65. The van der Waals surface area contributed by atoms with Crippen molar-refractivity contribution in [2.75, 3.05) is 0 Å². The molecular formula is C11H14N2O7S. The molecule has 0 spiro atoms. The molecule has 2 amide bonds. The maximum Gasteiger partial charge on any atom is 0.328 e. The standard InChI is InChI=1S/C11H14N2O7S/c1-11(3-2-5(14)9(12)16)8(10(17)18)13-6(15)4-7(13)21(11,19)20/h2-3,5,7-8,14H,4H2,1H3,(H2,12,16)(H,17,18)/b3-2+/t5?,7-,8+,11+/m1/s1. The summed E-state index contributed by atoms with van der Waals surface area (Å²) >= 11 is 0. The number of β-lactam (4-membered cyclic amide) rings is 1. The summed E-state index contributed by atoms with van der Waals surface area (Å²) in [6, 6.07) is -1.61. The van der Waals surface area contributed by atoms with Gasteiger partial charge in [-0.05, 0) is 13.0 Å². The number of carboxylic acids is 1. The topological polar surface area (TPSA) is 155 Å². The molecule has 2 saturated heterocycles. The molecule has 0 saturated carbocycles. The minimum Gasteiger partial charge on any atom is -0.480 e. The summed E-state index contributed by atoms with van der Waals surface area (Å²) in [5.74, 6) is -3.14. The highest BCUT2D eigenvalue weighted by Crippen LogP contribution is 2.46. The Bertz CT molecular complexity index is 655. The average molecular weight is 318 g/mol. The van der Waals surface area contributed by atoms with Crippen molar-refractivity contribution in [1.82, 2.24) is 4.90 Å². The second kappa shape index (κ2) is 4.53. The minimum atomic E-state index is -4.00. The SMILES string of the molecule is C[C@]1(/C=C/C(O)C(N)=O)[C@H](C(=O)O)N2C(=O)C[C@H]2S1(=O)=O. The minimum absolute atomic E-state index is 0.270. The molecule has 2 rings (SSSR count). The summed E-state index contributed by atoms with van der Waals surface area (Å²) in [7, 11) is -4.00. The van der Waals surface area contributed by atoms with Crippen LogP contribution in [0.1, 0.15) is 13.3 Å². The van der Waals surface area contributed by atoms with Crippen molar-refractivity contribution in [2.24, 2.45) is 5.73 Å². The Hall–Kier alpha value is -1.94. The highest BCUT2D eigenvalue weighted by Gasteiger charge is 2.69. The van der Waals surface area contributed by atoms with Crippen molar-refractivity contribution < 1.29 is 33.0 Å². The number of fused-ring (bicyclic) bond motifs is 1. The maximum absolute atomic E-state index is 12.4. The predicted molar refractivity (Wildman–Crippen MR) is 68.3 cm³/mol. The number of carbonyl (C=O) groups excluding carboxylic acids is 2. The van der Waals surface area contributed by atoms with Gasteiger partial charge in [-0.1, -0.05) is 6.08 Å². The maximum atomic E-state index is 12.4. The monoisotopic (exact) mass is 318 g/mol. The first-order valence-corrected chi connectivity index (χ1v) is 7.53. The van der Waals surface area contributed by atoms with Crippen LogP contribution in [0.4, 0.5) is 0 Å². The van der Waals surface area contributed by atoms with E-state index in [1.165, 1.54) is 0 Å². The number of carbonyl (C=O) groups is 3. The van der Waals surface area contributed by atoms with Crippen LogP contribution in [-0.2, 0) is 24.2 Å². The zero-order chi connectivity index (χ0) is 16.2. The van der Waals surface area contributed by atoms with Crippen LogP contribution in [-0.4, -0.2) is 63.6 Å². The van der Waals surface area contributed by atoms with Gasteiger partial charge in [0, 0.05) is 0 Å². The van der Waals surface area contributed by atoms with Crippen molar-refractivity contribution in [3.05, 3.63) is 12.2 Å². The summed E-state index contributed by atoms with van der Waals surface area (Å²) in [6.45, 7) is 1.14. The molecule has 1 unspecified atom stereocenters. The molecule has 0 aromatic heterocycles. The number of nitrogens with zero attached hydrogens (tertiary/aromatic N) is 1. The van der Waals surface area contributed by atoms with Gasteiger partial charge in [-0.3, -0.25) is 9.59 Å². The van der Waals surface area contributed by atoms with Crippen molar-refractivity contribution >= 4 is 27.6 Å². The molecule has 0 aromatic rings. The molecule has 0 radical (unpaired) electrons. The van der Waals surface area contributed by atoms with Crippen LogP contribution < -0.4 is 5.73 Å². The highest BCUT2D eigenvalue weighted by atomic mass is 32.2. The zero-order valence-electron chi connectivity index (χ0n) is 11.0. The lowest BCUT2D eigenvalue weighted by Crippen LogP contribution is -2.57. The Labute approximate surface area is 119 Å². The molecule has 0 bridgehead atoms. The number of rotatable bonds is 4. The van der Waals surface area contributed by atoms with Gasteiger partial charge >= 0.3 is 5.97 Å². The van der Waals surface area contributed by atoms with E-state index in [0.29, 0.717) is 0 Å². The van der Waals surface area contributed by atoms with E-state index < -0.39 is 49.9 Å². The molecule has 0 aliphatic carbocycles. The third-order valence-electron chi connectivity index (χ3n) is 3.87. The van der Waals surface area contributed by atoms with E-state index in [1.54, 1.807) is 0 Å². The Morgan fingerprint density at radius 2 is 2.10 bits per heavy atom. The van der Waals surface area contributed by atoms with Gasteiger partial charge in [0.15, 0.2) is 22.0 Å². The van der Waals surface area contributed by atoms with E-state index in [-0.39, 0.29) is 6.42 Å². The lowest BCUT2D eigenvalue weighted by molar-refractivity contribution is -0.157. The summed E-state index contributed by atoms with van der Waals surface area (Å²) < 4.78 is 22.9. The van der Waals surface area contributed by atoms with Gasteiger partial charge in [0.2, 0.25) is 11.8 Å². The number of primary amides is 1. The molecule has 10 heteroatoms.